The molecule has 0 amide bonds. The summed E-state index contributed by atoms with van der Waals surface area (Å²) < 4.78 is 0. The van der Waals surface area contributed by atoms with Crippen LogP contribution in [-0.2, 0) is 5.75 Å². The Hall–Kier alpha value is -1.60. The number of fused-ring (bicyclic) bond motifs is 1. The molecule has 3 N–H and O–H groups in total. The van der Waals surface area contributed by atoms with Crippen LogP contribution in [0.3, 0.4) is 0 Å². The molecule has 3 rings (SSSR count). The van der Waals surface area contributed by atoms with Gasteiger partial charge in [-0.25, -0.2) is 15.0 Å². The van der Waals surface area contributed by atoms with Crippen LogP contribution in [0.1, 0.15) is 5.82 Å². The molecule has 5 nitrogen and oxygen atoms in total. The molecule has 0 radical (unpaired) electrons. The molecule has 7 heteroatoms. The lowest BCUT2D eigenvalue weighted by atomic mass is 10.4. The maximum absolute atomic E-state index is 5.87. The normalized spacial score (nSPS) is 11.1. The minimum atomic E-state index is 0.547. The number of anilines is 1. The molecule has 0 bridgehead atoms. The Morgan fingerprint density at radius 3 is 3.18 bits per heavy atom. The zero-order valence-electron chi connectivity index (χ0n) is 8.75. The molecule has 0 saturated heterocycles. The largest absolute Gasteiger partial charge is 0.383 e. The summed E-state index contributed by atoms with van der Waals surface area (Å²) in [6.45, 7) is 0. The van der Waals surface area contributed by atoms with Crippen molar-refractivity contribution in [2.75, 3.05) is 5.73 Å². The van der Waals surface area contributed by atoms with Gasteiger partial charge in [0, 0.05) is 12.4 Å². The second-order valence-electron chi connectivity index (χ2n) is 3.35. The van der Waals surface area contributed by atoms with Gasteiger partial charge in [0.2, 0.25) is 0 Å². The van der Waals surface area contributed by atoms with Crippen LogP contribution in [0, 0.1) is 0 Å². The fourth-order valence-corrected chi connectivity index (χ4v) is 2.92. The summed E-state index contributed by atoms with van der Waals surface area (Å²) in [7, 11) is 0. The summed E-state index contributed by atoms with van der Waals surface area (Å²) in [5, 5.41) is 3.76. The summed E-state index contributed by atoms with van der Waals surface area (Å²) in [5.74, 6) is 1.94. The Morgan fingerprint density at radius 1 is 1.41 bits per heavy atom. The molecule has 0 aliphatic rings. The van der Waals surface area contributed by atoms with E-state index in [9.17, 15) is 0 Å². The van der Waals surface area contributed by atoms with Gasteiger partial charge in [0.15, 0.2) is 5.16 Å². The number of nitrogen functional groups attached to an aromatic ring is 1. The van der Waals surface area contributed by atoms with E-state index in [0.29, 0.717) is 11.6 Å². The summed E-state index contributed by atoms with van der Waals surface area (Å²) in [6, 6.07) is 1.94. The Kier molecular flexibility index (Phi) is 2.69. The minimum Gasteiger partial charge on any atom is -0.383 e. The number of nitrogens with zero attached hydrogens (tertiary/aromatic N) is 3. The van der Waals surface area contributed by atoms with E-state index < -0.39 is 0 Å². The topological polar surface area (TPSA) is 80.5 Å². The molecule has 0 saturated carbocycles. The maximum atomic E-state index is 5.87. The van der Waals surface area contributed by atoms with E-state index in [4.69, 9.17) is 5.73 Å². The number of hydrogen-bond donors (Lipinski definition) is 2. The Labute approximate surface area is 106 Å². The van der Waals surface area contributed by atoms with Crippen molar-refractivity contribution in [2.45, 2.75) is 10.9 Å². The average molecular weight is 263 g/mol. The number of nitrogens with two attached hydrogens (primary N) is 1. The second-order valence-corrected chi connectivity index (χ2v) is 5.21. The lowest BCUT2D eigenvalue weighted by Crippen LogP contribution is -1.98. The number of imidazole rings is 1. The van der Waals surface area contributed by atoms with Gasteiger partial charge in [-0.3, -0.25) is 0 Å². The van der Waals surface area contributed by atoms with Crippen molar-refractivity contribution in [3.8, 4) is 0 Å². The Balaban J connectivity index is 1.85. The molecule has 3 aromatic heterocycles. The molecular weight excluding hydrogens is 254 g/mol. The van der Waals surface area contributed by atoms with Crippen molar-refractivity contribution >= 4 is 39.1 Å². The highest BCUT2D eigenvalue weighted by Crippen LogP contribution is 2.25. The summed E-state index contributed by atoms with van der Waals surface area (Å²) in [6.07, 6.45) is 3.51. The number of rotatable bonds is 3. The standard InChI is InChI=1S/C10H9N5S2/c11-8-6-1-4-16-9(6)15-7(14-8)5-17-10-12-2-3-13-10/h1-4H,5H2,(H,12,13)(H2,11,14,15). The molecule has 0 aliphatic heterocycles. The molecular formula is C10H9N5S2. The predicted octanol–water partition coefficient (Wildman–Crippen LogP) is 2.29. The van der Waals surface area contributed by atoms with Crippen molar-refractivity contribution in [3.63, 3.8) is 0 Å². The quantitative estimate of drug-likeness (QED) is 0.709. The van der Waals surface area contributed by atoms with Gasteiger partial charge < -0.3 is 10.7 Å². The van der Waals surface area contributed by atoms with Crippen LogP contribution in [0.15, 0.2) is 29.0 Å². The third-order valence-corrected chi connectivity index (χ3v) is 3.92. The molecule has 0 atom stereocenters. The fraction of sp³-hybridized carbons (Fsp3) is 0.100. The molecule has 0 aliphatic carbocycles. The van der Waals surface area contributed by atoms with Crippen molar-refractivity contribution in [1.29, 1.82) is 0 Å². The highest BCUT2D eigenvalue weighted by Gasteiger charge is 2.07. The van der Waals surface area contributed by atoms with Gasteiger partial charge in [-0.15, -0.1) is 11.3 Å². The number of aromatic nitrogens is 4. The van der Waals surface area contributed by atoms with E-state index >= 15 is 0 Å². The molecule has 0 aromatic carbocycles. The van der Waals surface area contributed by atoms with Gasteiger partial charge in [0.05, 0.1) is 11.1 Å². The number of aromatic amines is 1. The first-order valence-electron chi connectivity index (χ1n) is 4.95. The van der Waals surface area contributed by atoms with Crippen LogP contribution < -0.4 is 5.73 Å². The number of H-pyrrole nitrogens is 1. The minimum absolute atomic E-state index is 0.547. The van der Waals surface area contributed by atoms with Crippen molar-refractivity contribution in [2.24, 2.45) is 0 Å². The number of hydrogen-bond acceptors (Lipinski definition) is 6. The van der Waals surface area contributed by atoms with Crippen molar-refractivity contribution < 1.29 is 0 Å². The Bertz CT molecular complexity index is 631. The first-order chi connectivity index (χ1) is 8.33. The van der Waals surface area contributed by atoms with E-state index in [2.05, 4.69) is 19.9 Å². The van der Waals surface area contributed by atoms with E-state index in [0.717, 1.165) is 21.2 Å². The number of thioether (sulfide) groups is 1. The third kappa shape index (κ3) is 2.11. The van der Waals surface area contributed by atoms with Crippen LogP contribution in [0.4, 0.5) is 5.82 Å². The lowest BCUT2D eigenvalue weighted by molar-refractivity contribution is 1.04. The van der Waals surface area contributed by atoms with Gasteiger partial charge in [0.25, 0.3) is 0 Å². The van der Waals surface area contributed by atoms with Gasteiger partial charge in [-0.2, -0.15) is 0 Å². The first-order valence-corrected chi connectivity index (χ1v) is 6.81. The first kappa shape index (κ1) is 10.5. The fourth-order valence-electron chi connectivity index (χ4n) is 1.45. The monoisotopic (exact) mass is 263 g/mol. The smallest absolute Gasteiger partial charge is 0.165 e. The zero-order chi connectivity index (χ0) is 11.7. The lowest BCUT2D eigenvalue weighted by Gasteiger charge is -2.00. The molecule has 3 aromatic rings. The summed E-state index contributed by atoms with van der Waals surface area (Å²) >= 11 is 3.13. The van der Waals surface area contributed by atoms with Crippen LogP contribution in [0.2, 0.25) is 0 Å². The van der Waals surface area contributed by atoms with E-state index in [1.54, 1.807) is 35.5 Å². The molecule has 3 heterocycles. The van der Waals surface area contributed by atoms with Crippen LogP contribution in [0.25, 0.3) is 10.2 Å². The summed E-state index contributed by atoms with van der Waals surface area (Å²) in [4.78, 5) is 16.8. The van der Waals surface area contributed by atoms with Crippen LogP contribution in [-0.4, -0.2) is 19.9 Å². The molecule has 0 fully saturated rings. The maximum Gasteiger partial charge on any atom is 0.165 e. The van der Waals surface area contributed by atoms with Gasteiger partial charge in [-0.05, 0) is 11.4 Å². The van der Waals surface area contributed by atoms with E-state index in [-0.39, 0.29) is 0 Å². The molecule has 0 unspecified atom stereocenters. The van der Waals surface area contributed by atoms with E-state index in [1.165, 1.54) is 0 Å². The molecule has 86 valence electrons. The average Bonchev–Trinajstić information content (AvgIpc) is 2.97. The van der Waals surface area contributed by atoms with Gasteiger partial charge in [0.1, 0.15) is 16.5 Å². The summed E-state index contributed by atoms with van der Waals surface area (Å²) in [5.41, 5.74) is 5.87. The second kappa shape index (κ2) is 4.34. The number of thiophene rings is 1. The van der Waals surface area contributed by atoms with Crippen LogP contribution in [0.5, 0.6) is 0 Å². The van der Waals surface area contributed by atoms with Crippen LogP contribution >= 0.6 is 23.1 Å². The Morgan fingerprint density at radius 2 is 2.35 bits per heavy atom. The zero-order valence-corrected chi connectivity index (χ0v) is 10.4. The predicted molar refractivity (Wildman–Crippen MR) is 70.0 cm³/mol. The van der Waals surface area contributed by atoms with Gasteiger partial charge in [-0.1, -0.05) is 11.8 Å². The van der Waals surface area contributed by atoms with Gasteiger partial charge >= 0.3 is 0 Å². The SMILES string of the molecule is Nc1nc(CSc2ncc[nH]2)nc2sccc12. The third-order valence-electron chi connectivity index (χ3n) is 2.21. The highest BCUT2D eigenvalue weighted by molar-refractivity contribution is 7.98. The molecule has 0 spiro atoms. The van der Waals surface area contributed by atoms with E-state index in [1.807, 2.05) is 11.4 Å². The van der Waals surface area contributed by atoms with Crippen molar-refractivity contribution in [1.82, 2.24) is 19.9 Å². The highest BCUT2D eigenvalue weighted by atomic mass is 32.2. The van der Waals surface area contributed by atoms with Crippen molar-refractivity contribution in [3.05, 3.63) is 29.7 Å². The number of nitrogens with one attached hydrogen (secondary N) is 1. The molecule has 17 heavy (non-hydrogen) atoms.